The lowest BCUT2D eigenvalue weighted by atomic mass is 10.2. The van der Waals surface area contributed by atoms with Gasteiger partial charge in [-0.2, -0.15) is 5.26 Å². The summed E-state index contributed by atoms with van der Waals surface area (Å²) < 4.78 is 0. The molecular formula is C10H11ClN2S. The van der Waals surface area contributed by atoms with Crippen molar-refractivity contribution in [3.8, 4) is 6.07 Å². The minimum atomic E-state index is 0.552. The van der Waals surface area contributed by atoms with E-state index in [4.69, 9.17) is 16.9 Å². The maximum Gasteiger partial charge on any atom is 0.115 e. The van der Waals surface area contributed by atoms with Crippen LogP contribution in [0.3, 0.4) is 0 Å². The summed E-state index contributed by atoms with van der Waals surface area (Å²) in [5, 5.41) is 10.2. The van der Waals surface area contributed by atoms with Gasteiger partial charge in [0.2, 0.25) is 0 Å². The van der Waals surface area contributed by atoms with Crippen molar-refractivity contribution >= 4 is 23.4 Å². The predicted octanol–water partition coefficient (Wildman–Crippen LogP) is 3.42. The molecule has 1 rings (SSSR count). The number of aryl methyl sites for hydroxylation is 1. The SMILES string of the molecule is CCCSc1nc(C)c(C#N)cc1Cl. The van der Waals surface area contributed by atoms with Crippen LogP contribution in [0.2, 0.25) is 5.02 Å². The zero-order chi connectivity index (χ0) is 10.6. The van der Waals surface area contributed by atoms with Gasteiger partial charge in [-0.25, -0.2) is 4.98 Å². The molecule has 4 heteroatoms. The van der Waals surface area contributed by atoms with Gasteiger partial charge in [-0.3, -0.25) is 0 Å². The first kappa shape index (κ1) is 11.4. The third-order valence-electron chi connectivity index (χ3n) is 1.70. The average molecular weight is 227 g/mol. The fourth-order valence-corrected chi connectivity index (χ4v) is 2.08. The number of hydrogen-bond acceptors (Lipinski definition) is 3. The van der Waals surface area contributed by atoms with Crippen molar-refractivity contribution in [1.82, 2.24) is 4.98 Å². The number of rotatable bonds is 3. The van der Waals surface area contributed by atoms with Crippen molar-refractivity contribution in [2.75, 3.05) is 5.75 Å². The molecule has 0 aliphatic heterocycles. The molecule has 2 nitrogen and oxygen atoms in total. The van der Waals surface area contributed by atoms with Crippen LogP contribution < -0.4 is 0 Å². The number of thioether (sulfide) groups is 1. The van der Waals surface area contributed by atoms with Crippen molar-refractivity contribution in [2.24, 2.45) is 0 Å². The number of aromatic nitrogens is 1. The van der Waals surface area contributed by atoms with Crippen LogP contribution in [0.4, 0.5) is 0 Å². The molecule has 74 valence electrons. The summed E-state index contributed by atoms with van der Waals surface area (Å²) in [6.45, 7) is 3.93. The normalized spacial score (nSPS) is 9.86. The molecule has 0 bridgehead atoms. The Labute approximate surface area is 93.3 Å². The van der Waals surface area contributed by atoms with E-state index in [-0.39, 0.29) is 0 Å². The van der Waals surface area contributed by atoms with E-state index in [1.807, 2.05) is 6.92 Å². The van der Waals surface area contributed by atoms with E-state index in [9.17, 15) is 0 Å². The second-order valence-electron chi connectivity index (χ2n) is 2.87. The van der Waals surface area contributed by atoms with E-state index in [2.05, 4.69) is 18.0 Å². The summed E-state index contributed by atoms with van der Waals surface area (Å²) in [5.74, 6) is 0.998. The van der Waals surface area contributed by atoms with Crippen molar-refractivity contribution < 1.29 is 0 Å². The third-order valence-corrected chi connectivity index (χ3v) is 3.29. The maximum absolute atomic E-state index is 8.75. The molecule has 1 aromatic rings. The lowest BCUT2D eigenvalue weighted by molar-refractivity contribution is 1.04. The van der Waals surface area contributed by atoms with Crippen LogP contribution in [0.15, 0.2) is 11.1 Å². The Morgan fingerprint density at radius 3 is 2.93 bits per heavy atom. The molecule has 14 heavy (non-hydrogen) atoms. The number of nitrogens with zero attached hydrogens (tertiary/aromatic N) is 2. The Balaban J connectivity index is 2.98. The molecule has 0 radical (unpaired) electrons. The van der Waals surface area contributed by atoms with Gasteiger partial charge < -0.3 is 0 Å². The second-order valence-corrected chi connectivity index (χ2v) is 4.36. The molecule has 0 saturated carbocycles. The highest BCUT2D eigenvalue weighted by molar-refractivity contribution is 7.99. The van der Waals surface area contributed by atoms with Crippen LogP contribution in [-0.2, 0) is 0 Å². The number of nitriles is 1. The molecule has 1 aromatic heterocycles. The van der Waals surface area contributed by atoms with Crippen LogP contribution in [0.25, 0.3) is 0 Å². The monoisotopic (exact) mass is 226 g/mol. The first-order valence-electron chi connectivity index (χ1n) is 4.39. The molecule has 0 aliphatic rings. The van der Waals surface area contributed by atoms with Gasteiger partial charge in [-0.05, 0) is 25.2 Å². The average Bonchev–Trinajstić information content (AvgIpc) is 2.18. The van der Waals surface area contributed by atoms with Gasteiger partial charge in [-0.15, -0.1) is 11.8 Å². The molecular weight excluding hydrogens is 216 g/mol. The summed E-state index contributed by atoms with van der Waals surface area (Å²) in [6.07, 6.45) is 1.09. The Bertz CT molecular complexity index is 371. The van der Waals surface area contributed by atoms with Crippen molar-refractivity contribution in [3.63, 3.8) is 0 Å². The molecule has 0 aromatic carbocycles. The molecule has 0 spiro atoms. The summed E-state index contributed by atoms with van der Waals surface area (Å²) in [7, 11) is 0. The van der Waals surface area contributed by atoms with Crippen molar-refractivity contribution in [1.29, 1.82) is 5.26 Å². The van der Waals surface area contributed by atoms with E-state index >= 15 is 0 Å². The van der Waals surface area contributed by atoms with Crippen molar-refractivity contribution in [3.05, 3.63) is 22.3 Å². The van der Waals surface area contributed by atoms with Crippen molar-refractivity contribution in [2.45, 2.75) is 25.3 Å². The van der Waals surface area contributed by atoms with Crippen LogP contribution in [-0.4, -0.2) is 10.7 Å². The molecule has 0 atom stereocenters. The van der Waals surface area contributed by atoms with Gasteiger partial charge in [0.1, 0.15) is 11.1 Å². The van der Waals surface area contributed by atoms with Crippen LogP contribution in [0.5, 0.6) is 0 Å². The topological polar surface area (TPSA) is 36.7 Å². The molecule has 0 fully saturated rings. The van der Waals surface area contributed by atoms with Gasteiger partial charge in [0.15, 0.2) is 0 Å². The quantitative estimate of drug-likeness (QED) is 0.742. The van der Waals surface area contributed by atoms with Crippen LogP contribution in [0, 0.1) is 18.3 Å². The largest absolute Gasteiger partial charge is 0.244 e. The van der Waals surface area contributed by atoms with Crippen LogP contribution in [0.1, 0.15) is 24.6 Å². The highest BCUT2D eigenvalue weighted by Gasteiger charge is 2.07. The lowest BCUT2D eigenvalue weighted by Gasteiger charge is -2.04. The molecule has 1 heterocycles. The lowest BCUT2D eigenvalue weighted by Crippen LogP contribution is -1.92. The second kappa shape index (κ2) is 5.23. The molecule has 0 saturated heterocycles. The Kier molecular flexibility index (Phi) is 4.24. The first-order valence-corrected chi connectivity index (χ1v) is 5.75. The standard InChI is InChI=1S/C10H11ClN2S/c1-3-4-14-10-9(11)5-8(6-12)7(2)13-10/h5H,3-4H2,1-2H3. The number of hydrogen-bond donors (Lipinski definition) is 0. The Hall–Kier alpha value is -0.720. The fourth-order valence-electron chi connectivity index (χ4n) is 0.972. The van der Waals surface area contributed by atoms with E-state index in [1.165, 1.54) is 0 Å². The molecule has 0 amide bonds. The summed E-state index contributed by atoms with van der Waals surface area (Å²) >= 11 is 7.61. The van der Waals surface area contributed by atoms with Crippen LogP contribution >= 0.6 is 23.4 Å². The maximum atomic E-state index is 8.75. The summed E-state index contributed by atoms with van der Waals surface area (Å²) in [5.41, 5.74) is 1.30. The minimum Gasteiger partial charge on any atom is -0.244 e. The van der Waals surface area contributed by atoms with E-state index in [0.29, 0.717) is 10.6 Å². The Morgan fingerprint density at radius 1 is 1.64 bits per heavy atom. The first-order chi connectivity index (χ1) is 6.69. The number of pyridine rings is 1. The summed E-state index contributed by atoms with van der Waals surface area (Å²) in [4.78, 5) is 4.29. The number of halogens is 1. The smallest absolute Gasteiger partial charge is 0.115 e. The summed E-state index contributed by atoms with van der Waals surface area (Å²) in [6, 6.07) is 3.75. The fraction of sp³-hybridized carbons (Fsp3) is 0.400. The van der Waals surface area contributed by atoms with Gasteiger partial charge in [0, 0.05) is 0 Å². The molecule has 0 unspecified atom stereocenters. The zero-order valence-electron chi connectivity index (χ0n) is 8.17. The highest BCUT2D eigenvalue weighted by atomic mass is 35.5. The van der Waals surface area contributed by atoms with Gasteiger partial charge in [0.05, 0.1) is 16.3 Å². The minimum absolute atomic E-state index is 0.552. The van der Waals surface area contributed by atoms with E-state index in [0.717, 1.165) is 22.9 Å². The third kappa shape index (κ3) is 2.63. The zero-order valence-corrected chi connectivity index (χ0v) is 9.74. The Morgan fingerprint density at radius 2 is 2.36 bits per heavy atom. The van der Waals surface area contributed by atoms with Gasteiger partial charge >= 0.3 is 0 Å². The highest BCUT2D eigenvalue weighted by Crippen LogP contribution is 2.27. The van der Waals surface area contributed by atoms with Gasteiger partial charge in [0.25, 0.3) is 0 Å². The van der Waals surface area contributed by atoms with Gasteiger partial charge in [-0.1, -0.05) is 18.5 Å². The molecule has 0 N–H and O–H groups in total. The molecule has 0 aliphatic carbocycles. The predicted molar refractivity (Wildman–Crippen MR) is 59.7 cm³/mol. The van der Waals surface area contributed by atoms with E-state index in [1.54, 1.807) is 17.8 Å². The van der Waals surface area contributed by atoms with E-state index < -0.39 is 0 Å².